The van der Waals surface area contributed by atoms with Gasteiger partial charge < -0.3 is 20.3 Å². The number of carbonyl (C=O) groups is 2. The summed E-state index contributed by atoms with van der Waals surface area (Å²) in [5, 5.41) is 5.93. The van der Waals surface area contributed by atoms with Crippen LogP contribution in [0.4, 0.5) is 14.0 Å². The Morgan fingerprint density at radius 2 is 1.74 bits per heavy atom. The van der Waals surface area contributed by atoms with E-state index in [4.69, 9.17) is 4.74 Å². The van der Waals surface area contributed by atoms with Crippen molar-refractivity contribution in [3.63, 3.8) is 0 Å². The number of hydrogen-bond donors (Lipinski definition) is 2. The lowest BCUT2D eigenvalue weighted by molar-refractivity contribution is 0.0485. The number of hydrogen-bond acceptors (Lipinski definition) is 3. The van der Waals surface area contributed by atoms with E-state index in [1.807, 2.05) is 20.8 Å². The number of alkyl carbamates (subject to hydrolysis) is 1. The van der Waals surface area contributed by atoms with Crippen molar-refractivity contribution in [1.82, 2.24) is 15.5 Å². The third-order valence-corrected chi connectivity index (χ3v) is 4.90. The molecule has 0 spiro atoms. The van der Waals surface area contributed by atoms with Crippen LogP contribution in [0.5, 0.6) is 0 Å². The van der Waals surface area contributed by atoms with Crippen LogP contribution < -0.4 is 10.6 Å². The fourth-order valence-electron chi connectivity index (χ4n) is 3.38. The molecule has 3 amide bonds. The third-order valence-electron chi connectivity index (χ3n) is 4.90. The fraction of sp³-hybridized carbons (Fsp3) is 0.600. The number of nitrogens with one attached hydrogen (secondary N) is 2. The van der Waals surface area contributed by atoms with Crippen molar-refractivity contribution in [1.29, 1.82) is 0 Å². The van der Waals surface area contributed by atoms with Gasteiger partial charge >= 0.3 is 12.1 Å². The van der Waals surface area contributed by atoms with Gasteiger partial charge in [-0.3, -0.25) is 0 Å². The summed E-state index contributed by atoms with van der Waals surface area (Å²) >= 11 is 0. The van der Waals surface area contributed by atoms with E-state index in [1.54, 1.807) is 17.0 Å². The minimum Gasteiger partial charge on any atom is -0.444 e. The third kappa shape index (κ3) is 5.58. The van der Waals surface area contributed by atoms with Crippen molar-refractivity contribution >= 4 is 12.1 Å². The van der Waals surface area contributed by atoms with Gasteiger partial charge in [-0.1, -0.05) is 12.1 Å². The average Bonchev–Trinajstić information content (AvgIpc) is 3.33. The Kier molecular flexibility index (Phi) is 5.58. The monoisotopic (exact) mass is 377 g/mol. The van der Waals surface area contributed by atoms with Crippen molar-refractivity contribution < 1.29 is 18.7 Å². The molecule has 2 atom stereocenters. The van der Waals surface area contributed by atoms with E-state index in [0.29, 0.717) is 25.9 Å². The zero-order valence-electron chi connectivity index (χ0n) is 16.1. The summed E-state index contributed by atoms with van der Waals surface area (Å²) < 4.78 is 18.3. The smallest absolute Gasteiger partial charge is 0.407 e. The number of urea groups is 1. The molecule has 7 heteroatoms. The molecule has 3 rings (SSSR count). The predicted octanol–water partition coefficient (Wildman–Crippen LogP) is 3.38. The lowest BCUT2D eigenvalue weighted by atomic mass is 10.1. The van der Waals surface area contributed by atoms with Crippen LogP contribution in [0.2, 0.25) is 0 Å². The van der Waals surface area contributed by atoms with Crippen molar-refractivity contribution in [3.05, 3.63) is 35.6 Å². The van der Waals surface area contributed by atoms with E-state index in [2.05, 4.69) is 10.6 Å². The van der Waals surface area contributed by atoms with Crippen LogP contribution >= 0.6 is 0 Å². The van der Waals surface area contributed by atoms with E-state index in [-0.39, 0.29) is 29.8 Å². The van der Waals surface area contributed by atoms with Gasteiger partial charge in [0.25, 0.3) is 0 Å². The van der Waals surface area contributed by atoms with Gasteiger partial charge in [0, 0.05) is 31.1 Å². The number of ether oxygens (including phenoxy) is 1. The Bertz CT molecular complexity index is 679. The van der Waals surface area contributed by atoms with E-state index >= 15 is 0 Å². The number of carbonyl (C=O) groups excluding carboxylic acids is 2. The van der Waals surface area contributed by atoms with Crippen LogP contribution in [0.25, 0.3) is 0 Å². The molecule has 0 aromatic heterocycles. The van der Waals surface area contributed by atoms with Crippen LogP contribution in [-0.2, 0) is 4.74 Å². The molecular weight excluding hydrogens is 349 g/mol. The van der Waals surface area contributed by atoms with Gasteiger partial charge in [-0.15, -0.1) is 0 Å². The highest BCUT2D eigenvalue weighted by Crippen LogP contribution is 2.40. The molecule has 1 aliphatic carbocycles. The Hall–Kier alpha value is -2.31. The quantitative estimate of drug-likeness (QED) is 0.848. The Morgan fingerprint density at radius 1 is 1.11 bits per heavy atom. The van der Waals surface area contributed by atoms with Crippen LogP contribution in [0.15, 0.2) is 24.3 Å². The normalized spacial score (nSPS) is 22.9. The van der Waals surface area contributed by atoms with Gasteiger partial charge in [0.15, 0.2) is 0 Å². The van der Waals surface area contributed by atoms with Crippen molar-refractivity contribution in [2.24, 2.45) is 0 Å². The number of benzene rings is 1. The summed E-state index contributed by atoms with van der Waals surface area (Å²) in [6.45, 7) is 6.68. The van der Waals surface area contributed by atoms with Crippen LogP contribution in [0, 0.1) is 5.82 Å². The highest BCUT2D eigenvalue weighted by Gasteiger charge is 2.40. The summed E-state index contributed by atoms with van der Waals surface area (Å²) in [5.74, 6) is 0.0174. The van der Waals surface area contributed by atoms with Gasteiger partial charge in [-0.05, 0) is 57.7 Å². The maximum absolute atomic E-state index is 13.0. The first-order valence-electron chi connectivity index (χ1n) is 9.52. The number of likely N-dealkylation sites (tertiary alicyclic amines) is 1. The standard InChI is InChI=1S/C20H28FN3O3/c1-20(2,3)27-19(26)22-15-8-10-24(11-9-15)18(25)23-17-12-16(17)13-4-6-14(21)7-5-13/h4-7,15-17H,8-12H2,1-3H3,(H,22,26)(H,23,25)/t16-,17+/m1/s1. The Balaban J connectivity index is 1.39. The topological polar surface area (TPSA) is 70.7 Å². The molecule has 1 heterocycles. The Morgan fingerprint density at radius 3 is 2.33 bits per heavy atom. The zero-order chi connectivity index (χ0) is 19.6. The second kappa shape index (κ2) is 7.74. The molecule has 6 nitrogen and oxygen atoms in total. The van der Waals surface area contributed by atoms with E-state index in [0.717, 1.165) is 12.0 Å². The fourth-order valence-corrected chi connectivity index (χ4v) is 3.38. The van der Waals surface area contributed by atoms with E-state index in [9.17, 15) is 14.0 Å². The maximum Gasteiger partial charge on any atom is 0.407 e. The molecule has 0 bridgehead atoms. The molecule has 1 aromatic rings. The van der Waals surface area contributed by atoms with Crippen molar-refractivity contribution in [2.75, 3.05) is 13.1 Å². The molecule has 1 aromatic carbocycles. The first-order valence-corrected chi connectivity index (χ1v) is 9.52. The number of amides is 3. The molecule has 2 aliphatic rings. The SMILES string of the molecule is CC(C)(C)OC(=O)NC1CCN(C(=O)N[C@H]2C[C@@H]2c2ccc(F)cc2)CC1. The largest absolute Gasteiger partial charge is 0.444 e. The zero-order valence-corrected chi connectivity index (χ0v) is 16.1. The highest BCUT2D eigenvalue weighted by atomic mass is 19.1. The maximum atomic E-state index is 13.0. The molecular formula is C20H28FN3O3. The van der Waals surface area contributed by atoms with Gasteiger partial charge in [0.2, 0.25) is 0 Å². The predicted molar refractivity (Wildman–Crippen MR) is 100 cm³/mol. The summed E-state index contributed by atoms with van der Waals surface area (Å²) in [7, 11) is 0. The Labute approximate surface area is 159 Å². The minimum absolute atomic E-state index is 0.0248. The number of halogens is 1. The number of nitrogens with zero attached hydrogens (tertiary/aromatic N) is 1. The lowest BCUT2D eigenvalue weighted by Crippen LogP contribution is -2.50. The molecule has 1 saturated carbocycles. The van der Waals surface area contributed by atoms with E-state index in [1.165, 1.54) is 12.1 Å². The summed E-state index contributed by atoms with van der Waals surface area (Å²) in [4.78, 5) is 26.1. The van der Waals surface area contributed by atoms with Crippen molar-refractivity contribution in [2.45, 2.75) is 63.6 Å². The number of rotatable bonds is 3. The average molecular weight is 377 g/mol. The minimum atomic E-state index is -0.518. The van der Waals surface area contributed by atoms with Gasteiger partial charge in [0.1, 0.15) is 11.4 Å². The molecule has 0 radical (unpaired) electrons. The van der Waals surface area contributed by atoms with Gasteiger partial charge in [-0.25, -0.2) is 14.0 Å². The molecule has 27 heavy (non-hydrogen) atoms. The van der Waals surface area contributed by atoms with Crippen LogP contribution in [0.1, 0.15) is 51.5 Å². The highest BCUT2D eigenvalue weighted by molar-refractivity contribution is 5.75. The van der Waals surface area contributed by atoms with Gasteiger partial charge in [0.05, 0.1) is 0 Å². The second-order valence-corrected chi connectivity index (χ2v) is 8.36. The van der Waals surface area contributed by atoms with Crippen LogP contribution in [-0.4, -0.2) is 47.8 Å². The molecule has 0 unspecified atom stereocenters. The summed E-state index contributed by atoms with van der Waals surface area (Å²) in [6, 6.07) is 6.53. The summed E-state index contributed by atoms with van der Waals surface area (Å²) in [6.07, 6.45) is 1.89. The molecule has 1 aliphatic heterocycles. The lowest BCUT2D eigenvalue weighted by Gasteiger charge is -2.33. The molecule has 148 valence electrons. The molecule has 2 fully saturated rings. The summed E-state index contributed by atoms with van der Waals surface area (Å²) in [5.41, 5.74) is 0.540. The molecule has 1 saturated heterocycles. The number of piperidine rings is 1. The molecule has 2 N–H and O–H groups in total. The first kappa shape index (κ1) is 19.5. The first-order chi connectivity index (χ1) is 12.7. The van der Waals surface area contributed by atoms with E-state index < -0.39 is 11.7 Å². The van der Waals surface area contributed by atoms with Crippen molar-refractivity contribution in [3.8, 4) is 0 Å². The van der Waals surface area contributed by atoms with Crippen LogP contribution in [0.3, 0.4) is 0 Å². The second-order valence-electron chi connectivity index (χ2n) is 8.36. The van der Waals surface area contributed by atoms with Gasteiger partial charge in [-0.2, -0.15) is 0 Å².